The van der Waals surface area contributed by atoms with E-state index in [1.807, 2.05) is 0 Å². The van der Waals surface area contributed by atoms with Crippen molar-refractivity contribution in [2.24, 2.45) is 0 Å². The van der Waals surface area contributed by atoms with E-state index in [1.165, 1.54) is 7.11 Å². The highest BCUT2D eigenvalue weighted by atomic mass is 17.0. The SMILES string of the molecule is COC[C@@H](O)[C@H](O[N+](=O)[O-])c1ccccc1. The molecule has 1 aromatic carbocycles. The Balaban J connectivity index is 2.82. The summed E-state index contributed by atoms with van der Waals surface area (Å²) >= 11 is 0. The van der Waals surface area contributed by atoms with Crippen LogP contribution in [0.3, 0.4) is 0 Å². The molecule has 0 amide bonds. The highest BCUT2D eigenvalue weighted by Gasteiger charge is 2.24. The summed E-state index contributed by atoms with van der Waals surface area (Å²) in [6.07, 6.45) is -2.12. The molecule has 0 heterocycles. The molecule has 0 saturated carbocycles. The van der Waals surface area contributed by atoms with Crippen LogP contribution in [0.15, 0.2) is 30.3 Å². The van der Waals surface area contributed by atoms with Gasteiger partial charge >= 0.3 is 0 Å². The van der Waals surface area contributed by atoms with Gasteiger partial charge in [0.15, 0.2) is 6.10 Å². The predicted molar refractivity (Wildman–Crippen MR) is 55.1 cm³/mol. The van der Waals surface area contributed by atoms with E-state index in [9.17, 15) is 15.2 Å². The van der Waals surface area contributed by atoms with Gasteiger partial charge in [0.25, 0.3) is 5.09 Å². The Labute approximate surface area is 92.5 Å². The van der Waals surface area contributed by atoms with Crippen LogP contribution in [0.1, 0.15) is 11.7 Å². The van der Waals surface area contributed by atoms with Crippen molar-refractivity contribution < 1.29 is 19.8 Å². The topological polar surface area (TPSA) is 81.8 Å². The maximum atomic E-state index is 10.3. The monoisotopic (exact) mass is 227 g/mol. The second-order valence-electron chi connectivity index (χ2n) is 3.18. The lowest BCUT2D eigenvalue weighted by Gasteiger charge is -2.20. The number of nitrogens with zero attached hydrogens (tertiary/aromatic N) is 1. The van der Waals surface area contributed by atoms with Crippen LogP contribution in [-0.4, -0.2) is 30.0 Å². The molecule has 0 bridgehead atoms. The van der Waals surface area contributed by atoms with E-state index in [-0.39, 0.29) is 6.61 Å². The summed E-state index contributed by atoms with van der Waals surface area (Å²) in [4.78, 5) is 14.8. The van der Waals surface area contributed by atoms with E-state index in [0.717, 1.165) is 0 Å². The van der Waals surface area contributed by atoms with Crippen molar-refractivity contribution in [1.82, 2.24) is 0 Å². The molecule has 6 nitrogen and oxygen atoms in total. The number of hydrogen-bond acceptors (Lipinski definition) is 5. The van der Waals surface area contributed by atoms with Crippen LogP contribution in [-0.2, 0) is 9.57 Å². The van der Waals surface area contributed by atoms with Crippen molar-refractivity contribution in [3.63, 3.8) is 0 Å². The first kappa shape index (κ1) is 12.4. The fourth-order valence-corrected chi connectivity index (χ4v) is 1.35. The fourth-order valence-electron chi connectivity index (χ4n) is 1.35. The van der Waals surface area contributed by atoms with Gasteiger partial charge in [0, 0.05) is 7.11 Å². The quantitative estimate of drug-likeness (QED) is 0.577. The minimum Gasteiger partial charge on any atom is -0.388 e. The van der Waals surface area contributed by atoms with E-state index in [0.29, 0.717) is 5.56 Å². The third-order valence-electron chi connectivity index (χ3n) is 2.01. The molecule has 1 N–H and O–H groups in total. The van der Waals surface area contributed by atoms with Gasteiger partial charge in [0.1, 0.15) is 6.10 Å². The van der Waals surface area contributed by atoms with E-state index in [1.54, 1.807) is 30.3 Å². The number of ether oxygens (including phenoxy) is 1. The third-order valence-corrected chi connectivity index (χ3v) is 2.01. The minimum absolute atomic E-state index is 0.0343. The second kappa shape index (κ2) is 6.04. The normalized spacial score (nSPS) is 14.1. The molecular formula is C10H13NO5. The Morgan fingerprint density at radius 2 is 2.06 bits per heavy atom. The summed E-state index contributed by atoms with van der Waals surface area (Å²) < 4.78 is 4.74. The third kappa shape index (κ3) is 3.48. The molecular weight excluding hydrogens is 214 g/mol. The van der Waals surface area contributed by atoms with Gasteiger partial charge < -0.3 is 14.7 Å². The number of aliphatic hydroxyl groups excluding tert-OH is 1. The number of benzene rings is 1. The summed E-state index contributed by atoms with van der Waals surface area (Å²) in [6, 6.07) is 8.49. The summed E-state index contributed by atoms with van der Waals surface area (Å²) in [6.45, 7) is -0.0343. The molecule has 0 fully saturated rings. The Hall–Kier alpha value is -1.66. The van der Waals surface area contributed by atoms with E-state index in [2.05, 4.69) is 4.84 Å². The zero-order valence-electron chi connectivity index (χ0n) is 8.78. The maximum Gasteiger partial charge on any atom is 0.295 e. The molecule has 1 rings (SSSR count). The summed E-state index contributed by atoms with van der Waals surface area (Å²) in [5.74, 6) is 0. The Kier molecular flexibility index (Phi) is 4.68. The lowest BCUT2D eigenvalue weighted by atomic mass is 10.1. The van der Waals surface area contributed by atoms with Gasteiger partial charge in [-0.3, -0.25) is 0 Å². The minimum atomic E-state index is -1.09. The first-order valence-corrected chi connectivity index (χ1v) is 4.68. The summed E-state index contributed by atoms with van der Waals surface area (Å²) in [5, 5.41) is 19.1. The predicted octanol–water partition coefficient (Wildman–Crippen LogP) is 0.943. The van der Waals surface area contributed by atoms with Gasteiger partial charge in [-0.2, -0.15) is 0 Å². The van der Waals surface area contributed by atoms with E-state index in [4.69, 9.17) is 4.74 Å². The van der Waals surface area contributed by atoms with Crippen LogP contribution in [0.2, 0.25) is 0 Å². The molecule has 0 aliphatic heterocycles. The van der Waals surface area contributed by atoms with Gasteiger partial charge in [-0.15, -0.1) is 10.1 Å². The number of methoxy groups -OCH3 is 1. The van der Waals surface area contributed by atoms with Crippen molar-refractivity contribution in [3.05, 3.63) is 46.0 Å². The molecule has 0 spiro atoms. The number of rotatable bonds is 6. The molecule has 0 aromatic heterocycles. The van der Waals surface area contributed by atoms with Crippen molar-refractivity contribution in [1.29, 1.82) is 0 Å². The fraction of sp³-hybridized carbons (Fsp3) is 0.400. The first-order valence-electron chi connectivity index (χ1n) is 4.68. The molecule has 0 unspecified atom stereocenters. The molecule has 1 aromatic rings. The number of aliphatic hydroxyl groups is 1. The number of hydrogen-bond donors (Lipinski definition) is 1. The highest BCUT2D eigenvalue weighted by Crippen LogP contribution is 2.21. The van der Waals surface area contributed by atoms with Gasteiger partial charge in [-0.25, -0.2) is 0 Å². The molecule has 16 heavy (non-hydrogen) atoms. The van der Waals surface area contributed by atoms with Gasteiger partial charge in [0.2, 0.25) is 0 Å². The molecule has 0 radical (unpaired) electrons. The average Bonchev–Trinajstić information content (AvgIpc) is 2.27. The van der Waals surface area contributed by atoms with Crippen LogP contribution in [0.4, 0.5) is 0 Å². The van der Waals surface area contributed by atoms with Crippen LogP contribution in [0, 0.1) is 10.1 Å². The van der Waals surface area contributed by atoms with Crippen LogP contribution < -0.4 is 0 Å². The largest absolute Gasteiger partial charge is 0.388 e. The highest BCUT2D eigenvalue weighted by molar-refractivity contribution is 5.18. The lowest BCUT2D eigenvalue weighted by molar-refractivity contribution is -0.773. The molecule has 0 aliphatic carbocycles. The molecule has 2 atom stereocenters. The van der Waals surface area contributed by atoms with Crippen molar-refractivity contribution >= 4 is 0 Å². The van der Waals surface area contributed by atoms with Crippen LogP contribution in [0.25, 0.3) is 0 Å². The zero-order valence-corrected chi connectivity index (χ0v) is 8.78. The zero-order chi connectivity index (χ0) is 12.0. The maximum absolute atomic E-state index is 10.3. The molecule has 0 saturated heterocycles. The molecule has 0 aliphatic rings. The van der Waals surface area contributed by atoms with E-state index >= 15 is 0 Å². The van der Waals surface area contributed by atoms with Crippen molar-refractivity contribution in [3.8, 4) is 0 Å². The Morgan fingerprint density at radius 1 is 1.44 bits per heavy atom. The average molecular weight is 227 g/mol. The summed E-state index contributed by atoms with van der Waals surface area (Å²) in [7, 11) is 1.40. The van der Waals surface area contributed by atoms with E-state index < -0.39 is 17.3 Å². The lowest BCUT2D eigenvalue weighted by Crippen LogP contribution is -2.27. The first-order chi connectivity index (χ1) is 7.65. The van der Waals surface area contributed by atoms with Crippen molar-refractivity contribution in [2.45, 2.75) is 12.2 Å². The standard InChI is InChI=1S/C10H13NO5/c1-15-7-9(12)10(16-11(13)14)8-5-3-2-4-6-8/h2-6,9-10,12H,7H2,1H3/t9-,10-/m1/s1. The van der Waals surface area contributed by atoms with Gasteiger partial charge in [0.05, 0.1) is 6.61 Å². The smallest absolute Gasteiger partial charge is 0.295 e. The summed E-state index contributed by atoms with van der Waals surface area (Å²) in [5.41, 5.74) is 0.531. The Bertz CT molecular complexity index is 329. The molecule has 6 heteroatoms. The van der Waals surface area contributed by atoms with Gasteiger partial charge in [-0.05, 0) is 5.56 Å². The van der Waals surface area contributed by atoms with Crippen LogP contribution in [0.5, 0.6) is 0 Å². The van der Waals surface area contributed by atoms with Crippen molar-refractivity contribution in [2.75, 3.05) is 13.7 Å². The Morgan fingerprint density at radius 3 is 2.56 bits per heavy atom. The molecule has 88 valence electrons. The van der Waals surface area contributed by atoms with Gasteiger partial charge in [-0.1, -0.05) is 30.3 Å². The second-order valence-corrected chi connectivity index (χ2v) is 3.18. The van der Waals surface area contributed by atoms with Crippen LogP contribution >= 0.6 is 0 Å².